The largest absolute Gasteiger partial charge is 0.200 e. The minimum atomic E-state index is -1.19. The molecule has 1 saturated carbocycles. The highest BCUT2D eigenvalue weighted by Gasteiger charge is 2.34. The van der Waals surface area contributed by atoms with E-state index < -0.39 is 18.1 Å². The van der Waals surface area contributed by atoms with Gasteiger partial charge in [0.15, 0.2) is 0 Å². The molecule has 2 atom stereocenters. The van der Waals surface area contributed by atoms with Crippen molar-refractivity contribution >= 4 is 18.1 Å². The second-order valence-corrected chi connectivity index (χ2v) is 16.1. The number of hydrogen-bond donors (Lipinski definition) is 0. The van der Waals surface area contributed by atoms with Crippen molar-refractivity contribution in [2.75, 3.05) is 12.5 Å². The molecule has 0 aliphatic heterocycles. The van der Waals surface area contributed by atoms with Gasteiger partial charge in [-0.2, -0.15) is 0 Å². The fourth-order valence-electron chi connectivity index (χ4n) is 3.33. The van der Waals surface area contributed by atoms with E-state index in [0.29, 0.717) is 0 Å². The van der Waals surface area contributed by atoms with Gasteiger partial charge < -0.3 is 0 Å². The summed E-state index contributed by atoms with van der Waals surface area (Å²) >= 11 is 0. The molecule has 0 aromatic heterocycles. The van der Waals surface area contributed by atoms with Gasteiger partial charge >= 0.3 is 0 Å². The smallest absolute Gasteiger partial charge is 0.0740 e. The number of rotatable bonds is 5. The van der Waals surface area contributed by atoms with Crippen LogP contribution in [0.2, 0.25) is 18.6 Å². The summed E-state index contributed by atoms with van der Waals surface area (Å²) in [7, 11) is -2.01. The molecule has 0 heterocycles. The average Bonchev–Trinajstić information content (AvgIpc) is 2.79. The SMILES string of the molecule is C=C[Si](C)(C)C1CCC(/C=C/S(C)(C)C2=CC=CCC=C2)C1. The normalized spacial score (nSPS) is 27.0. The maximum Gasteiger partial charge on any atom is 0.0740 e. The highest BCUT2D eigenvalue weighted by atomic mass is 32.3. The minimum Gasteiger partial charge on any atom is -0.200 e. The van der Waals surface area contributed by atoms with E-state index in [4.69, 9.17) is 0 Å². The van der Waals surface area contributed by atoms with Crippen molar-refractivity contribution < 1.29 is 0 Å². The zero-order valence-electron chi connectivity index (χ0n) is 14.7. The topological polar surface area (TPSA) is 0 Å². The zero-order valence-corrected chi connectivity index (χ0v) is 16.5. The molecule has 0 N–H and O–H groups in total. The molecule has 122 valence electrons. The minimum absolute atomic E-state index is 0.786. The summed E-state index contributed by atoms with van der Waals surface area (Å²) in [5.41, 5.74) is 3.21. The summed E-state index contributed by atoms with van der Waals surface area (Å²) in [5, 5.41) is 2.53. The van der Waals surface area contributed by atoms with Crippen LogP contribution in [0.3, 0.4) is 0 Å². The summed E-state index contributed by atoms with van der Waals surface area (Å²) in [4.78, 5) is 1.49. The lowest BCUT2D eigenvalue weighted by Gasteiger charge is -2.29. The van der Waals surface area contributed by atoms with E-state index in [1.165, 1.54) is 24.2 Å². The molecule has 22 heavy (non-hydrogen) atoms. The van der Waals surface area contributed by atoms with E-state index in [9.17, 15) is 0 Å². The van der Waals surface area contributed by atoms with Gasteiger partial charge in [0.05, 0.1) is 8.07 Å². The highest BCUT2D eigenvalue weighted by Crippen LogP contribution is 2.52. The van der Waals surface area contributed by atoms with Gasteiger partial charge in [-0.25, -0.2) is 10.0 Å². The fourth-order valence-corrected chi connectivity index (χ4v) is 7.13. The van der Waals surface area contributed by atoms with Gasteiger partial charge in [-0.3, -0.25) is 0 Å². The van der Waals surface area contributed by atoms with Gasteiger partial charge in [0, 0.05) is 0 Å². The van der Waals surface area contributed by atoms with Crippen LogP contribution in [0.1, 0.15) is 25.7 Å². The van der Waals surface area contributed by atoms with Crippen LogP contribution in [0.25, 0.3) is 0 Å². The summed E-state index contributed by atoms with van der Waals surface area (Å²) in [6.45, 7) is 9.03. The second kappa shape index (κ2) is 7.23. The quantitative estimate of drug-likeness (QED) is 0.499. The maximum absolute atomic E-state index is 4.08. The van der Waals surface area contributed by atoms with Gasteiger partial charge in [0.25, 0.3) is 0 Å². The van der Waals surface area contributed by atoms with Crippen molar-refractivity contribution in [1.29, 1.82) is 0 Å². The molecule has 2 unspecified atom stereocenters. The Labute approximate surface area is 140 Å². The molecule has 2 aliphatic carbocycles. The van der Waals surface area contributed by atoms with Crippen LogP contribution in [-0.4, -0.2) is 20.6 Å². The molecule has 0 saturated heterocycles. The van der Waals surface area contributed by atoms with Crippen molar-refractivity contribution in [3.05, 3.63) is 59.0 Å². The lowest BCUT2D eigenvalue weighted by atomic mass is 10.1. The van der Waals surface area contributed by atoms with Gasteiger partial charge in [-0.15, -0.1) is 12.3 Å². The van der Waals surface area contributed by atoms with Crippen LogP contribution < -0.4 is 0 Å². The van der Waals surface area contributed by atoms with E-state index in [-0.39, 0.29) is 0 Å². The van der Waals surface area contributed by atoms with Crippen LogP contribution in [0.4, 0.5) is 0 Å². The molecule has 2 aliphatic rings. The first-order valence-corrected chi connectivity index (χ1v) is 14.1. The number of hydrogen-bond acceptors (Lipinski definition) is 0. The van der Waals surface area contributed by atoms with Crippen molar-refractivity contribution in [3.8, 4) is 0 Å². The molecule has 0 radical (unpaired) electrons. The Hall–Kier alpha value is -0.733. The molecule has 1 fully saturated rings. The van der Waals surface area contributed by atoms with Gasteiger partial charge in [0.1, 0.15) is 0 Å². The summed E-state index contributed by atoms with van der Waals surface area (Å²) in [5.74, 6) is 0.786. The van der Waals surface area contributed by atoms with Crippen molar-refractivity contribution in [2.24, 2.45) is 5.92 Å². The summed E-state index contributed by atoms with van der Waals surface area (Å²) < 4.78 is 0. The van der Waals surface area contributed by atoms with E-state index in [1.54, 1.807) is 0 Å². The Morgan fingerprint density at radius 3 is 2.73 bits per heavy atom. The summed E-state index contributed by atoms with van der Waals surface area (Å²) in [6.07, 6.45) is 23.9. The monoisotopic (exact) mass is 332 g/mol. The number of allylic oxidation sites excluding steroid dienone is 6. The third kappa shape index (κ3) is 4.39. The first-order valence-electron chi connectivity index (χ1n) is 8.44. The van der Waals surface area contributed by atoms with Crippen LogP contribution >= 0.6 is 10.0 Å². The predicted molar refractivity (Wildman–Crippen MR) is 108 cm³/mol. The van der Waals surface area contributed by atoms with Crippen LogP contribution in [0.5, 0.6) is 0 Å². The summed E-state index contributed by atoms with van der Waals surface area (Å²) in [6, 6.07) is 0. The maximum atomic E-state index is 4.08. The molecule has 0 amide bonds. The first-order chi connectivity index (χ1) is 10.3. The molecule has 0 bridgehead atoms. The second-order valence-electron chi connectivity index (χ2n) is 7.67. The van der Waals surface area contributed by atoms with E-state index >= 15 is 0 Å². The zero-order chi connectivity index (χ0) is 16.2. The Kier molecular flexibility index (Phi) is 5.79. The molecular weight excluding hydrogens is 300 g/mol. The third-order valence-electron chi connectivity index (χ3n) is 5.30. The lowest BCUT2D eigenvalue weighted by Crippen LogP contribution is -2.28. The first kappa shape index (κ1) is 17.6. The van der Waals surface area contributed by atoms with Crippen LogP contribution in [0, 0.1) is 5.92 Å². The predicted octanol–water partition coefficient (Wildman–Crippen LogP) is 6.57. The third-order valence-corrected chi connectivity index (χ3v) is 11.3. The van der Waals surface area contributed by atoms with Crippen molar-refractivity contribution in [1.82, 2.24) is 0 Å². The Morgan fingerprint density at radius 2 is 2.00 bits per heavy atom. The lowest BCUT2D eigenvalue weighted by molar-refractivity contribution is 0.684. The highest BCUT2D eigenvalue weighted by molar-refractivity contribution is 8.38. The molecular formula is C20H32SSi. The van der Waals surface area contributed by atoms with Gasteiger partial charge in [0.2, 0.25) is 0 Å². The molecule has 0 aromatic rings. The molecule has 0 aromatic carbocycles. The van der Waals surface area contributed by atoms with Gasteiger partial charge in [-0.1, -0.05) is 56.0 Å². The van der Waals surface area contributed by atoms with Crippen molar-refractivity contribution in [3.63, 3.8) is 0 Å². The molecule has 2 rings (SSSR count). The van der Waals surface area contributed by atoms with Crippen LogP contribution in [0.15, 0.2) is 59.0 Å². The molecule has 0 nitrogen and oxygen atoms in total. The van der Waals surface area contributed by atoms with Crippen molar-refractivity contribution in [2.45, 2.75) is 44.3 Å². The Bertz CT molecular complexity index is 520. The Morgan fingerprint density at radius 1 is 1.23 bits per heavy atom. The van der Waals surface area contributed by atoms with Crippen LogP contribution in [-0.2, 0) is 0 Å². The van der Waals surface area contributed by atoms with E-state index in [1.807, 2.05) is 0 Å². The fraction of sp³-hybridized carbons (Fsp3) is 0.500. The molecule has 2 heteroatoms. The van der Waals surface area contributed by atoms with Gasteiger partial charge in [-0.05, 0) is 53.5 Å². The standard InChI is InChI=1S/C20H32SSi/c1-6-22(4,5)20-14-13-18(17-20)15-16-21(2,3)19-11-9-7-8-10-12-19/h6-7,9-12,15-16,18,20H,1,8,13-14,17H2,2-5H3/b16-15+. The van der Waals surface area contributed by atoms with E-state index in [0.717, 1.165) is 17.9 Å². The molecule has 0 spiro atoms. The van der Waals surface area contributed by atoms with E-state index in [2.05, 4.69) is 79.7 Å². The average molecular weight is 333 g/mol. The Balaban J connectivity index is 2.01.